The average molecular weight is 374 g/mol. The summed E-state index contributed by atoms with van der Waals surface area (Å²) < 4.78 is 5.69. The molecular formula is C19H22N2O6. The molecule has 144 valence electrons. The lowest BCUT2D eigenvalue weighted by molar-refractivity contribution is -0.138. The van der Waals surface area contributed by atoms with Crippen LogP contribution in [0.25, 0.3) is 0 Å². The second-order valence-electron chi connectivity index (χ2n) is 6.77. The van der Waals surface area contributed by atoms with Crippen LogP contribution >= 0.6 is 0 Å². The number of aliphatic carboxylic acids is 1. The molecule has 27 heavy (non-hydrogen) atoms. The second kappa shape index (κ2) is 8.20. The monoisotopic (exact) mass is 374 g/mol. The van der Waals surface area contributed by atoms with Crippen LogP contribution < -0.4 is 10.1 Å². The van der Waals surface area contributed by atoms with E-state index >= 15 is 0 Å². The number of rotatable bonds is 8. The zero-order valence-corrected chi connectivity index (χ0v) is 14.9. The first-order valence-electron chi connectivity index (χ1n) is 9.08. The molecule has 1 aromatic rings. The van der Waals surface area contributed by atoms with E-state index < -0.39 is 17.9 Å². The van der Waals surface area contributed by atoms with Gasteiger partial charge in [-0.3, -0.25) is 24.5 Å². The van der Waals surface area contributed by atoms with Crippen molar-refractivity contribution in [2.24, 2.45) is 0 Å². The summed E-state index contributed by atoms with van der Waals surface area (Å²) >= 11 is 0. The fourth-order valence-corrected chi connectivity index (χ4v) is 3.39. The number of carboxylic acid groups (broad SMARTS) is 1. The average Bonchev–Trinajstić information content (AvgIpc) is 2.94. The van der Waals surface area contributed by atoms with Gasteiger partial charge in [-0.25, -0.2) is 0 Å². The third-order valence-electron chi connectivity index (χ3n) is 4.80. The highest BCUT2D eigenvalue weighted by atomic mass is 16.5. The zero-order valence-electron chi connectivity index (χ0n) is 14.9. The standard InChI is InChI=1S/C19H22N2O6/c22-16-8-7-15(18(25)20-16)21-11-12-10-13(5-6-14(12)19(21)26)27-9-3-1-2-4-17(23)24/h5-6,10,15H,1-4,7-9,11H2,(H,23,24)(H,20,22,25). The highest BCUT2D eigenvalue weighted by Gasteiger charge is 2.39. The molecule has 3 amide bonds. The van der Waals surface area contributed by atoms with Gasteiger partial charge < -0.3 is 14.7 Å². The van der Waals surface area contributed by atoms with E-state index in [0.29, 0.717) is 37.3 Å². The van der Waals surface area contributed by atoms with Crippen LogP contribution in [0.4, 0.5) is 0 Å². The van der Waals surface area contributed by atoms with Crippen LogP contribution in [0.2, 0.25) is 0 Å². The van der Waals surface area contributed by atoms with Crippen LogP contribution in [0.1, 0.15) is 54.4 Å². The van der Waals surface area contributed by atoms with Crippen molar-refractivity contribution in [1.82, 2.24) is 10.2 Å². The number of ether oxygens (including phenoxy) is 1. The van der Waals surface area contributed by atoms with E-state index in [1.54, 1.807) is 18.2 Å². The summed E-state index contributed by atoms with van der Waals surface area (Å²) in [6, 6.07) is 4.60. The molecular weight excluding hydrogens is 352 g/mol. The SMILES string of the molecule is O=C(O)CCCCCOc1ccc2c(c1)CN(C1CCC(=O)NC1=O)C2=O. The van der Waals surface area contributed by atoms with Crippen molar-refractivity contribution in [1.29, 1.82) is 0 Å². The van der Waals surface area contributed by atoms with Crippen LogP contribution in [0.3, 0.4) is 0 Å². The fourth-order valence-electron chi connectivity index (χ4n) is 3.39. The second-order valence-corrected chi connectivity index (χ2v) is 6.77. The van der Waals surface area contributed by atoms with Crippen molar-refractivity contribution in [2.45, 2.75) is 51.1 Å². The number of benzene rings is 1. The predicted octanol–water partition coefficient (Wildman–Crippen LogP) is 1.47. The number of carbonyl (C=O) groups is 4. The molecule has 1 atom stereocenters. The lowest BCUT2D eigenvalue weighted by Crippen LogP contribution is -2.52. The number of nitrogens with one attached hydrogen (secondary N) is 1. The number of amides is 3. The number of hydrogen-bond acceptors (Lipinski definition) is 5. The molecule has 0 aromatic heterocycles. The van der Waals surface area contributed by atoms with Crippen LogP contribution in [0.15, 0.2) is 18.2 Å². The lowest BCUT2D eigenvalue weighted by atomic mass is 10.0. The van der Waals surface area contributed by atoms with E-state index in [1.807, 2.05) is 0 Å². The molecule has 8 heteroatoms. The van der Waals surface area contributed by atoms with Gasteiger partial charge in [-0.1, -0.05) is 0 Å². The van der Waals surface area contributed by atoms with Crippen LogP contribution in [0, 0.1) is 0 Å². The molecule has 1 fully saturated rings. The Bertz CT molecular complexity index is 775. The normalized spacial score (nSPS) is 19.0. The van der Waals surface area contributed by atoms with Crippen molar-refractivity contribution >= 4 is 23.7 Å². The molecule has 3 rings (SSSR count). The summed E-state index contributed by atoms with van der Waals surface area (Å²) in [6.45, 7) is 0.791. The van der Waals surface area contributed by atoms with E-state index in [9.17, 15) is 19.2 Å². The first-order chi connectivity index (χ1) is 13.0. The molecule has 0 saturated carbocycles. The van der Waals surface area contributed by atoms with E-state index in [-0.39, 0.29) is 24.7 Å². The Morgan fingerprint density at radius 1 is 1.22 bits per heavy atom. The fraction of sp³-hybridized carbons (Fsp3) is 0.474. The summed E-state index contributed by atoms with van der Waals surface area (Å²) in [6.07, 6.45) is 2.89. The van der Waals surface area contributed by atoms with Crippen molar-refractivity contribution in [2.75, 3.05) is 6.61 Å². The number of carbonyl (C=O) groups excluding carboxylic acids is 3. The van der Waals surface area contributed by atoms with Crippen molar-refractivity contribution < 1.29 is 29.0 Å². The molecule has 2 N–H and O–H groups in total. The minimum atomic E-state index is -0.792. The van der Waals surface area contributed by atoms with Crippen LogP contribution in [-0.4, -0.2) is 46.3 Å². The van der Waals surface area contributed by atoms with Gasteiger partial charge in [-0.15, -0.1) is 0 Å². The van der Waals surface area contributed by atoms with Crippen molar-refractivity contribution in [3.05, 3.63) is 29.3 Å². The Morgan fingerprint density at radius 2 is 2.04 bits per heavy atom. The number of nitrogens with zero attached hydrogens (tertiary/aromatic N) is 1. The summed E-state index contributed by atoms with van der Waals surface area (Å²) in [5, 5.41) is 10.9. The molecule has 0 radical (unpaired) electrons. The van der Waals surface area contributed by atoms with E-state index in [4.69, 9.17) is 9.84 Å². The molecule has 1 saturated heterocycles. The number of carboxylic acids is 1. The third-order valence-corrected chi connectivity index (χ3v) is 4.80. The Labute approximate surface area is 156 Å². The van der Waals surface area contributed by atoms with Gasteiger partial charge in [-0.2, -0.15) is 0 Å². The number of imide groups is 1. The Kier molecular flexibility index (Phi) is 5.73. The predicted molar refractivity (Wildman–Crippen MR) is 94.1 cm³/mol. The topological polar surface area (TPSA) is 113 Å². The highest BCUT2D eigenvalue weighted by molar-refractivity contribution is 6.05. The van der Waals surface area contributed by atoms with Gasteiger partial charge >= 0.3 is 5.97 Å². The van der Waals surface area contributed by atoms with Gasteiger partial charge in [0.1, 0.15) is 11.8 Å². The maximum absolute atomic E-state index is 12.6. The van der Waals surface area contributed by atoms with Gasteiger partial charge in [0.05, 0.1) is 6.61 Å². The molecule has 0 spiro atoms. The molecule has 2 aliphatic heterocycles. The number of hydrogen-bond donors (Lipinski definition) is 2. The third kappa shape index (κ3) is 4.45. The molecule has 2 aliphatic rings. The largest absolute Gasteiger partial charge is 0.494 e. The maximum Gasteiger partial charge on any atom is 0.303 e. The number of fused-ring (bicyclic) bond motifs is 1. The van der Waals surface area contributed by atoms with E-state index in [2.05, 4.69) is 5.32 Å². The zero-order chi connectivity index (χ0) is 19.4. The first-order valence-corrected chi connectivity index (χ1v) is 9.08. The molecule has 8 nitrogen and oxygen atoms in total. The van der Waals surface area contributed by atoms with E-state index in [0.717, 1.165) is 18.4 Å². The van der Waals surface area contributed by atoms with Gasteiger partial charge in [0.25, 0.3) is 5.91 Å². The van der Waals surface area contributed by atoms with Crippen LogP contribution in [-0.2, 0) is 20.9 Å². The van der Waals surface area contributed by atoms with Gasteiger partial charge in [0.2, 0.25) is 11.8 Å². The van der Waals surface area contributed by atoms with Crippen LogP contribution in [0.5, 0.6) is 5.75 Å². The number of piperidine rings is 1. The molecule has 0 bridgehead atoms. The van der Waals surface area contributed by atoms with Gasteiger partial charge in [0, 0.05) is 24.9 Å². The minimum Gasteiger partial charge on any atom is -0.494 e. The quantitative estimate of drug-likeness (QED) is 0.526. The molecule has 0 aliphatic carbocycles. The Morgan fingerprint density at radius 3 is 2.78 bits per heavy atom. The summed E-state index contributed by atoms with van der Waals surface area (Å²) in [4.78, 5) is 47.9. The summed E-state index contributed by atoms with van der Waals surface area (Å²) in [5.74, 6) is -1.09. The molecule has 1 unspecified atom stereocenters. The number of unbranched alkanes of at least 4 members (excludes halogenated alkanes) is 2. The molecule has 1 aromatic carbocycles. The molecule has 2 heterocycles. The van der Waals surface area contributed by atoms with Gasteiger partial charge in [0.15, 0.2) is 0 Å². The van der Waals surface area contributed by atoms with E-state index in [1.165, 1.54) is 4.90 Å². The van der Waals surface area contributed by atoms with Gasteiger partial charge in [-0.05, 0) is 49.4 Å². The lowest BCUT2D eigenvalue weighted by Gasteiger charge is -2.29. The smallest absolute Gasteiger partial charge is 0.303 e. The summed E-state index contributed by atoms with van der Waals surface area (Å²) in [7, 11) is 0. The van der Waals surface area contributed by atoms with Crippen molar-refractivity contribution in [3.63, 3.8) is 0 Å². The Hall–Kier alpha value is -2.90. The maximum atomic E-state index is 12.6. The highest BCUT2D eigenvalue weighted by Crippen LogP contribution is 2.30. The first kappa shape index (κ1) is 18.9. The Balaban J connectivity index is 1.55. The van der Waals surface area contributed by atoms with Crippen molar-refractivity contribution in [3.8, 4) is 5.75 Å². The minimum absolute atomic E-state index is 0.164. The summed E-state index contributed by atoms with van der Waals surface area (Å²) in [5.41, 5.74) is 1.35.